The van der Waals surface area contributed by atoms with Gasteiger partial charge in [0, 0.05) is 22.7 Å². The van der Waals surface area contributed by atoms with Gasteiger partial charge in [-0.3, -0.25) is 5.32 Å². The Balaban J connectivity index is 2.22. The highest BCUT2D eigenvalue weighted by atomic mass is 35.5. The van der Waals surface area contributed by atoms with Crippen LogP contribution < -0.4 is 11.1 Å². The Morgan fingerprint density at radius 1 is 1.45 bits per heavy atom. The monoisotopic (exact) mass is 296 g/mol. The molecule has 2 rings (SSSR count). The molecule has 0 spiro atoms. The van der Waals surface area contributed by atoms with Crippen LogP contribution in [0.15, 0.2) is 18.2 Å². The molecule has 0 atom stereocenters. The van der Waals surface area contributed by atoms with Gasteiger partial charge in [-0.05, 0) is 57.4 Å². The van der Waals surface area contributed by atoms with E-state index in [1.54, 1.807) is 12.1 Å². The summed E-state index contributed by atoms with van der Waals surface area (Å²) in [4.78, 5) is 11.9. The van der Waals surface area contributed by atoms with Gasteiger partial charge in [0.05, 0.1) is 0 Å². The van der Waals surface area contributed by atoms with Crippen LogP contribution in [-0.2, 0) is 10.2 Å². The largest absolute Gasteiger partial charge is 0.444 e. The van der Waals surface area contributed by atoms with Crippen LogP contribution >= 0.6 is 11.6 Å². The van der Waals surface area contributed by atoms with E-state index in [1.807, 2.05) is 26.8 Å². The molecule has 4 nitrogen and oxygen atoms in total. The lowest BCUT2D eigenvalue weighted by atomic mass is 9.94. The van der Waals surface area contributed by atoms with Crippen LogP contribution in [0.25, 0.3) is 0 Å². The van der Waals surface area contributed by atoms with Crippen LogP contribution in [0.1, 0.15) is 39.2 Å². The summed E-state index contributed by atoms with van der Waals surface area (Å²) in [7, 11) is 0. The number of anilines is 1. The summed E-state index contributed by atoms with van der Waals surface area (Å²) >= 11 is 6.07. The molecule has 110 valence electrons. The molecule has 0 unspecified atom stereocenters. The molecule has 20 heavy (non-hydrogen) atoms. The van der Waals surface area contributed by atoms with Crippen molar-refractivity contribution < 1.29 is 9.53 Å². The molecule has 0 radical (unpaired) electrons. The normalized spacial score (nSPS) is 16.6. The highest BCUT2D eigenvalue weighted by Gasteiger charge is 2.44. The zero-order valence-corrected chi connectivity index (χ0v) is 12.9. The molecule has 1 aromatic carbocycles. The van der Waals surface area contributed by atoms with Gasteiger partial charge in [0.15, 0.2) is 0 Å². The van der Waals surface area contributed by atoms with Gasteiger partial charge in [-0.15, -0.1) is 0 Å². The number of nitrogens with one attached hydrogen (secondary N) is 1. The molecule has 1 aliphatic rings. The molecule has 5 heteroatoms. The molecule has 1 amide bonds. The maximum absolute atomic E-state index is 11.9. The van der Waals surface area contributed by atoms with Crippen LogP contribution in [0.2, 0.25) is 5.02 Å². The van der Waals surface area contributed by atoms with Crippen LogP contribution in [0.4, 0.5) is 10.5 Å². The van der Waals surface area contributed by atoms with Gasteiger partial charge in [0.2, 0.25) is 0 Å². The highest BCUT2D eigenvalue weighted by molar-refractivity contribution is 6.30. The molecular formula is C15H21ClN2O2. The fourth-order valence-electron chi connectivity index (χ4n) is 2.21. The maximum Gasteiger partial charge on any atom is 0.412 e. The summed E-state index contributed by atoms with van der Waals surface area (Å²) in [5, 5.41) is 3.45. The van der Waals surface area contributed by atoms with E-state index in [-0.39, 0.29) is 5.41 Å². The highest BCUT2D eigenvalue weighted by Crippen LogP contribution is 2.50. The van der Waals surface area contributed by atoms with E-state index in [9.17, 15) is 4.79 Å². The van der Waals surface area contributed by atoms with Crippen LogP contribution in [-0.4, -0.2) is 18.2 Å². The average molecular weight is 297 g/mol. The summed E-state index contributed by atoms with van der Waals surface area (Å²) in [6, 6.07) is 5.44. The fourth-order valence-corrected chi connectivity index (χ4v) is 2.38. The first-order valence-electron chi connectivity index (χ1n) is 6.76. The number of rotatable bonds is 3. The minimum absolute atomic E-state index is 0.0464. The van der Waals surface area contributed by atoms with Gasteiger partial charge >= 0.3 is 6.09 Å². The van der Waals surface area contributed by atoms with Crippen molar-refractivity contribution >= 4 is 23.4 Å². The molecule has 1 aromatic rings. The van der Waals surface area contributed by atoms with Gasteiger partial charge in [-0.25, -0.2) is 4.79 Å². The fraction of sp³-hybridized carbons (Fsp3) is 0.533. The van der Waals surface area contributed by atoms with Gasteiger partial charge in [-0.2, -0.15) is 0 Å². The van der Waals surface area contributed by atoms with E-state index in [2.05, 4.69) is 5.32 Å². The molecule has 0 aromatic heterocycles. The zero-order chi connectivity index (χ0) is 15.0. The lowest BCUT2D eigenvalue weighted by Crippen LogP contribution is -2.28. The van der Waals surface area contributed by atoms with E-state index in [0.717, 1.165) is 24.1 Å². The second-order valence-corrected chi connectivity index (χ2v) is 6.74. The number of carbonyl (C=O) groups is 1. The van der Waals surface area contributed by atoms with E-state index in [0.29, 0.717) is 11.6 Å². The lowest BCUT2D eigenvalue weighted by Gasteiger charge is -2.22. The zero-order valence-electron chi connectivity index (χ0n) is 12.1. The first-order valence-corrected chi connectivity index (χ1v) is 7.14. The number of ether oxygens (including phenoxy) is 1. The van der Waals surface area contributed by atoms with Crippen LogP contribution in [0, 0.1) is 0 Å². The molecule has 0 saturated heterocycles. The van der Waals surface area contributed by atoms with E-state index < -0.39 is 11.7 Å². The van der Waals surface area contributed by atoms with Gasteiger partial charge in [0.1, 0.15) is 5.60 Å². The number of benzene rings is 1. The number of hydrogen-bond acceptors (Lipinski definition) is 3. The number of halogens is 1. The number of carbonyl (C=O) groups excluding carboxylic acids is 1. The molecule has 1 saturated carbocycles. The number of nitrogens with two attached hydrogens (primary N) is 1. The Morgan fingerprint density at radius 3 is 2.60 bits per heavy atom. The molecule has 1 fully saturated rings. The topological polar surface area (TPSA) is 64.3 Å². The van der Waals surface area contributed by atoms with Crippen molar-refractivity contribution in [3.05, 3.63) is 28.8 Å². The van der Waals surface area contributed by atoms with Crippen LogP contribution in [0.3, 0.4) is 0 Å². The molecular weight excluding hydrogens is 276 g/mol. The summed E-state index contributed by atoms with van der Waals surface area (Å²) in [6.45, 7) is 6.04. The SMILES string of the molecule is CC(C)(C)OC(=O)Nc1ccc(Cl)cc1C1(CN)CC1. The predicted molar refractivity (Wildman–Crippen MR) is 81.3 cm³/mol. The Bertz CT molecular complexity index is 519. The predicted octanol–water partition coefficient (Wildman–Crippen LogP) is 3.68. The van der Waals surface area contributed by atoms with Gasteiger partial charge < -0.3 is 10.5 Å². The van der Waals surface area contributed by atoms with Gasteiger partial charge in [-0.1, -0.05) is 11.6 Å². The summed E-state index contributed by atoms with van der Waals surface area (Å²) in [5.41, 5.74) is 7.02. The van der Waals surface area contributed by atoms with Crippen molar-refractivity contribution in [3.63, 3.8) is 0 Å². The number of amides is 1. The number of hydrogen-bond donors (Lipinski definition) is 2. The molecule has 0 heterocycles. The smallest absolute Gasteiger partial charge is 0.412 e. The Labute approximate surface area is 124 Å². The second-order valence-electron chi connectivity index (χ2n) is 6.30. The van der Waals surface area contributed by atoms with E-state index in [4.69, 9.17) is 22.1 Å². The second kappa shape index (κ2) is 5.26. The third kappa shape index (κ3) is 3.44. The van der Waals surface area contributed by atoms with E-state index >= 15 is 0 Å². The summed E-state index contributed by atoms with van der Waals surface area (Å²) in [6.07, 6.45) is 1.58. The standard InChI is InChI=1S/C15H21ClN2O2/c1-14(2,3)20-13(19)18-12-5-4-10(16)8-11(12)15(9-17)6-7-15/h4-5,8H,6-7,9,17H2,1-3H3,(H,18,19). The Kier molecular flexibility index (Phi) is 3.98. The average Bonchev–Trinajstić information content (AvgIpc) is 3.10. The van der Waals surface area contributed by atoms with Crippen molar-refractivity contribution in [3.8, 4) is 0 Å². The van der Waals surface area contributed by atoms with Crippen LogP contribution in [0.5, 0.6) is 0 Å². The van der Waals surface area contributed by atoms with Crippen molar-refractivity contribution in [1.82, 2.24) is 0 Å². The Morgan fingerprint density at radius 2 is 2.10 bits per heavy atom. The molecule has 0 bridgehead atoms. The van der Waals surface area contributed by atoms with Gasteiger partial charge in [0.25, 0.3) is 0 Å². The summed E-state index contributed by atoms with van der Waals surface area (Å²) in [5.74, 6) is 0. The summed E-state index contributed by atoms with van der Waals surface area (Å²) < 4.78 is 5.28. The first kappa shape index (κ1) is 15.1. The maximum atomic E-state index is 11.9. The van der Waals surface area contributed by atoms with Crippen molar-refractivity contribution in [2.24, 2.45) is 5.73 Å². The molecule has 0 aliphatic heterocycles. The lowest BCUT2D eigenvalue weighted by molar-refractivity contribution is 0.0635. The third-order valence-corrected chi connectivity index (χ3v) is 3.67. The Hall–Kier alpha value is -1.26. The van der Waals surface area contributed by atoms with Crippen molar-refractivity contribution in [2.75, 3.05) is 11.9 Å². The quantitative estimate of drug-likeness (QED) is 0.894. The third-order valence-electron chi connectivity index (χ3n) is 3.43. The van der Waals surface area contributed by atoms with Crippen molar-refractivity contribution in [2.45, 2.75) is 44.6 Å². The molecule has 3 N–H and O–H groups in total. The van der Waals surface area contributed by atoms with Crippen molar-refractivity contribution in [1.29, 1.82) is 0 Å². The minimum atomic E-state index is -0.526. The van der Waals surface area contributed by atoms with E-state index in [1.165, 1.54) is 0 Å². The molecule has 1 aliphatic carbocycles. The first-order chi connectivity index (χ1) is 9.26. The minimum Gasteiger partial charge on any atom is -0.444 e.